The van der Waals surface area contributed by atoms with Crippen LogP contribution in [0.15, 0.2) is 18.2 Å². The molecule has 1 saturated carbocycles. The van der Waals surface area contributed by atoms with E-state index in [9.17, 15) is 13.6 Å². The normalized spacial score (nSPS) is 17.8. The van der Waals surface area contributed by atoms with Crippen molar-refractivity contribution in [1.82, 2.24) is 5.32 Å². The Morgan fingerprint density at radius 2 is 2.21 bits per heavy atom. The SMILES string of the molecule is CC(COc1cccc(F)c1F)(NC1CC1)C(N)=O. The van der Waals surface area contributed by atoms with Gasteiger partial charge in [0, 0.05) is 6.04 Å². The summed E-state index contributed by atoms with van der Waals surface area (Å²) in [4.78, 5) is 11.5. The van der Waals surface area contributed by atoms with E-state index in [4.69, 9.17) is 10.5 Å². The van der Waals surface area contributed by atoms with Crippen LogP contribution >= 0.6 is 0 Å². The zero-order valence-corrected chi connectivity index (χ0v) is 10.6. The predicted molar refractivity (Wildman–Crippen MR) is 65.6 cm³/mol. The molecule has 104 valence electrons. The molecule has 1 aromatic carbocycles. The largest absolute Gasteiger partial charge is 0.488 e. The number of ether oxygens (including phenoxy) is 1. The van der Waals surface area contributed by atoms with Gasteiger partial charge in [-0.15, -0.1) is 0 Å². The van der Waals surface area contributed by atoms with Gasteiger partial charge in [-0.25, -0.2) is 4.39 Å². The molecule has 0 bridgehead atoms. The van der Waals surface area contributed by atoms with E-state index in [0.29, 0.717) is 0 Å². The third-order valence-electron chi connectivity index (χ3n) is 3.08. The summed E-state index contributed by atoms with van der Waals surface area (Å²) >= 11 is 0. The molecular formula is C13H16F2N2O2. The van der Waals surface area contributed by atoms with Gasteiger partial charge in [0.1, 0.15) is 12.1 Å². The number of primary amides is 1. The molecule has 0 aliphatic heterocycles. The van der Waals surface area contributed by atoms with Crippen molar-refractivity contribution >= 4 is 5.91 Å². The van der Waals surface area contributed by atoms with Gasteiger partial charge in [0.2, 0.25) is 11.7 Å². The highest BCUT2D eigenvalue weighted by molar-refractivity contribution is 5.84. The Morgan fingerprint density at radius 3 is 2.79 bits per heavy atom. The van der Waals surface area contributed by atoms with Crippen LogP contribution in [-0.2, 0) is 4.79 Å². The zero-order valence-electron chi connectivity index (χ0n) is 10.6. The van der Waals surface area contributed by atoms with Gasteiger partial charge < -0.3 is 10.5 Å². The van der Waals surface area contributed by atoms with Gasteiger partial charge in [-0.1, -0.05) is 6.07 Å². The maximum Gasteiger partial charge on any atom is 0.240 e. The highest BCUT2D eigenvalue weighted by Gasteiger charge is 2.38. The molecule has 1 aromatic rings. The van der Waals surface area contributed by atoms with Crippen molar-refractivity contribution in [2.75, 3.05) is 6.61 Å². The van der Waals surface area contributed by atoms with Crippen molar-refractivity contribution in [3.8, 4) is 5.75 Å². The standard InChI is InChI=1S/C13H16F2N2O2/c1-13(12(16)18,17-8-5-6-8)7-19-10-4-2-3-9(14)11(10)15/h2-4,8,17H,5-7H2,1H3,(H2,16,18). The first-order chi connectivity index (χ1) is 8.92. The predicted octanol–water partition coefficient (Wildman–Crippen LogP) is 1.34. The number of nitrogens with two attached hydrogens (primary N) is 1. The first kappa shape index (κ1) is 13.7. The van der Waals surface area contributed by atoms with Crippen LogP contribution in [0.1, 0.15) is 19.8 Å². The number of carbonyl (C=O) groups excluding carboxylic acids is 1. The number of hydrogen-bond donors (Lipinski definition) is 2. The van der Waals surface area contributed by atoms with E-state index >= 15 is 0 Å². The van der Waals surface area contributed by atoms with Crippen LogP contribution in [0.5, 0.6) is 5.75 Å². The Kier molecular flexibility index (Phi) is 3.71. The van der Waals surface area contributed by atoms with Gasteiger partial charge in [0.25, 0.3) is 0 Å². The van der Waals surface area contributed by atoms with E-state index in [0.717, 1.165) is 18.9 Å². The topological polar surface area (TPSA) is 64.3 Å². The Bertz CT molecular complexity index is 492. The number of amides is 1. The molecule has 1 aliphatic rings. The second-order valence-corrected chi connectivity index (χ2v) is 4.96. The second kappa shape index (κ2) is 5.13. The molecule has 1 fully saturated rings. The summed E-state index contributed by atoms with van der Waals surface area (Å²) in [5, 5.41) is 3.06. The second-order valence-electron chi connectivity index (χ2n) is 4.96. The van der Waals surface area contributed by atoms with Crippen molar-refractivity contribution in [3.05, 3.63) is 29.8 Å². The Morgan fingerprint density at radius 1 is 1.53 bits per heavy atom. The summed E-state index contributed by atoms with van der Waals surface area (Å²) < 4.78 is 31.6. The number of halogens is 2. The molecule has 1 unspecified atom stereocenters. The van der Waals surface area contributed by atoms with Crippen molar-refractivity contribution in [3.63, 3.8) is 0 Å². The molecule has 0 spiro atoms. The summed E-state index contributed by atoms with van der Waals surface area (Å²) in [5.74, 6) is -2.88. The number of nitrogens with one attached hydrogen (secondary N) is 1. The fourth-order valence-corrected chi connectivity index (χ4v) is 1.68. The average molecular weight is 270 g/mol. The van der Waals surface area contributed by atoms with Crippen LogP contribution < -0.4 is 15.8 Å². The quantitative estimate of drug-likeness (QED) is 0.820. The number of carbonyl (C=O) groups is 1. The average Bonchev–Trinajstić information content (AvgIpc) is 3.15. The Balaban J connectivity index is 2.05. The highest BCUT2D eigenvalue weighted by Crippen LogP contribution is 2.24. The minimum Gasteiger partial charge on any atom is -0.488 e. The molecule has 1 amide bonds. The van der Waals surface area contributed by atoms with Gasteiger partial charge in [0.05, 0.1) is 0 Å². The fourth-order valence-electron chi connectivity index (χ4n) is 1.68. The van der Waals surface area contributed by atoms with Gasteiger partial charge >= 0.3 is 0 Å². The highest BCUT2D eigenvalue weighted by atomic mass is 19.2. The number of rotatable bonds is 6. The zero-order chi connectivity index (χ0) is 14.0. The van der Waals surface area contributed by atoms with Crippen LogP contribution in [-0.4, -0.2) is 24.1 Å². The van der Waals surface area contributed by atoms with Gasteiger partial charge in [-0.2, -0.15) is 4.39 Å². The van der Waals surface area contributed by atoms with Crippen LogP contribution in [0, 0.1) is 11.6 Å². The van der Waals surface area contributed by atoms with Crippen molar-refractivity contribution < 1.29 is 18.3 Å². The lowest BCUT2D eigenvalue weighted by Crippen LogP contribution is -2.57. The minimum absolute atomic E-state index is 0.154. The van der Waals surface area contributed by atoms with Crippen molar-refractivity contribution in [2.45, 2.75) is 31.3 Å². The first-order valence-corrected chi connectivity index (χ1v) is 6.07. The van der Waals surface area contributed by atoms with Gasteiger partial charge in [0.15, 0.2) is 11.6 Å². The third-order valence-corrected chi connectivity index (χ3v) is 3.08. The molecule has 0 aromatic heterocycles. The monoisotopic (exact) mass is 270 g/mol. The lowest BCUT2D eigenvalue weighted by Gasteiger charge is -2.27. The fraction of sp³-hybridized carbons (Fsp3) is 0.462. The van der Waals surface area contributed by atoms with Crippen LogP contribution in [0.25, 0.3) is 0 Å². The molecule has 0 heterocycles. The molecule has 6 heteroatoms. The molecule has 1 aliphatic carbocycles. The molecule has 0 radical (unpaired) electrons. The molecule has 3 N–H and O–H groups in total. The maximum atomic E-state index is 13.4. The van der Waals surface area contributed by atoms with E-state index in [2.05, 4.69) is 5.32 Å². The van der Waals surface area contributed by atoms with E-state index in [1.165, 1.54) is 12.1 Å². The smallest absolute Gasteiger partial charge is 0.240 e. The van der Waals surface area contributed by atoms with E-state index in [-0.39, 0.29) is 18.4 Å². The van der Waals surface area contributed by atoms with Gasteiger partial charge in [-0.05, 0) is 31.9 Å². The number of benzene rings is 1. The van der Waals surface area contributed by atoms with E-state index in [1.807, 2.05) is 0 Å². The molecule has 2 rings (SSSR count). The van der Waals surface area contributed by atoms with Crippen molar-refractivity contribution in [2.24, 2.45) is 5.73 Å². The summed E-state index contributed by atoms with van der Waals surface area (Å²) in [6.07, 6.45) is 1.94. The van der Waals surface area contributed by atoms with Crippen molar-refractivity contribution in [1.29, 1.82) is 0 Å². The van der Waals surface area contributed by atoms with Crippen LogP contribution in [0.4, 0.5) is 8.78 Å². The molecule has 0 saturated heterocycles. The summed E-state index contributed by atoms with van der Waals surface area (Å²) in [6, 6.07) is 3.87. The van der Waals surface area contributed by atoms with Gasteiger partial charge in [-0.3, -0.25) is 10.1 Å². The Hall–Kier alpha value is -1.69. The first-order valence-electron chi connectivity index (χ1n) is 6.07. The number of hydrogen-bond acceptors (Lipinski definition) is 3. The van der Waals surface area contributed by atoms with Crippen LogP contribution in [0.2, 0.25) is 0 Å². The molecule has 4 nitrogen and oxygen atoms in total. The third kappa shape index (κ3) is 3.20. The molecular weight excluding hydrogens is 254 g/mol. The van der Waals surface area contributed by atoms with E-state index in [1.54, 1.807) is 6.92 Å². The molecule has 1 atom stereocenters. The van der Waals surface area contributed by atoms with Crippen LogP contribution in [0.3, 0.4) is 0 Å². The van der Waals surface area contributed by atoms with E-state index < -0.39 is 23.1 Å². The lowest BCUT2D eigenvalue weighted by atomic mass is 10.0. The summed E-state index contributed by atoms with van der Waals surface area (Å²) in [7, 11) is 0. The maximum absolute atomic E-state index is 13.4. The molecule has 19 heavy (non-hydrogen) atoms. The summed E-state index contributed by atoms with van der Waals surface area (Å²) in [6.45, 7) is 1.43. The Labute approximate surface area is 109 Å². The lowest BCUT2D eigenvalue weighted by molar-refractivity contribution is -0.125. The summed E-state index contributed by atoms with van der Waals surface area (Å²) in [5.41, 5.74) is 4.23. The minimum atomic E-state index is -1.10.